The Kier molecular flexibility index (Phi) is 4.58. The van der Waals surface area contributed by atoms with Gasteiger partial charge >= 0.3 is 12.1 Å². The summed E-state index contributed by atoms with van der Waals surface area (Å²) >= 11 is 0. The number of benzene rings is 2. The standard InChI is InChI=1S/C18H15F3N2O3/c1-25-16-6-4-14(18(19,20)21)8-13(16)10-23-15-5-3-11(17(24)26-2)7-12(15)9-22-23/h3-9H,10H2,1-2H3. The third-order valence-corrected chi connectivity index (χ3v) is 3.99. The molecule has 1 heterocycles. The Morgan fingerprint density at radius 3 is 2.58 bits per heavy atom. The van der Waals surface area contributed by atoms with Crippen molar-refractivity contribution in [3.63, 3.8) is 0 Å². The molecular formula is C18H15F3N2O3. The van der Waals surface area contributed by atoms with E-state index in [1.807, 2.05) is 0 Å². The molecule has 0 atom stereocenters. The summed E-state index contributed by atoms with van der Waals surface area (Å²) in [4.78, 5) is 11.6. The number of methoxy groups -OCH3 is 2. The molecular weight excluding hydrogens is 349 g/mol. The Morgan fingerprint density at radius 1 is 1.15 bits per heavy atom. The van der Waals surface area contributed by atoms with Gasteiger partial charge in [0.15, 0.2) is 0 Å². The summed E-state index contributed by atoms with van der Waals surface area (Å²) in [6, 6.07) is 8.19. The van der Waals surface area contributed by atoms with E-state index in [4.69, 9.17) is 4.74 Å². The van der Waals surface area contributed by atoms with Gasteiger partial charge in [0.1, 0.15) is 5.75 Å². The zero-order valence-electron chi connectivity index (χ0n) is 14.0. The first-order chi connectivity index (χ1) is 12.3. The van der Waals surface area contributed by atoms with E-state index < -0.39 is 17.7 Å². The molecule has 1 aromatic heterocycles. The summed E-state index contributed by atoms with van der Waals surface area (Å²) in [5.41, 5.74) is 0.649. The maximum Gasteiger partial charge on any atom is 0.416 e. The normalized spacial score (nSPS) is 11.6. The largest absolute Gasteiger partial charge is 0.496 e. The lowest BCUT2D eigenvalue weighted by molar-refractivity contribution is -0.137. The maximum absolute atomic E-state index is 13.0. The van der Waals surface area contributed by atoms with Crippen LogP contribution >= 0.6 is 0 Å². The van der Waals surface area contributed by atoms with Crippen LogP contribution in [0.1, 0.15) is 21.5 Å². The number of carbonyl (C=O) groups excluding carboxylic acids is 1. The number of ether oxygens (including phenoxy) is 2. The maximum atomic E-state index is 13.0. The number of halogens is 3. The number of hydrogen-bond donors (Lipinski definition) is 0. The molecule has 2 aromatic carbocycles. The van der Waals surface area contributed by atoms with Crippen molar-refractivity contribution in [3.05, 3.63) is 59.3 Å². The second-order valence-corrected chi connectivity index (χ2v) is 5.59. The van der Waals surface area contributed by atoms with Crippen molar-refractivity contribution in [2.45, 2.75) is 12.7 Å². The molecule has 0 saturated heterocycles. The Morgan fingerprint density at radius 2 is 1.92 bits per heavy atom. The molecule has 0 spiro atoms. The van der Waals surface area contributed by atoms with Gasteiger partial charge in [0.25, 0.3) is 0 Å². The van der Waals surface area contributed by atoms with E-state index in [2.05, 4.69) is 9.84 Å². The van der Waals surface area contributed by atoms with Gasteiger partial charge in [-0.15, -0.1) is 0 Å². The van der Waals surface area contributed by atoms with E-state index in [9.17, 15) is 18.0 Å². The van der Waals surface area contributed by atoms with E-state index in [1.165, 1.54) is 20.3 Å². The Labute approximate surface area is 146 Å². The van der Waals surface area contributed by atoms with Crippen molar-refractivity contribution in [1.82, 2.24) is 9.78 Å². The molecule has 0 saturated carbocycles. The molecule has 0 aliphatic carbocycles. The highest BCUT2D eigenvalue weighted by molar-refractivity contribution is 5.94. The average Bonchev–Trinajstić information content (AvgIpc) is 3.02. The van der Waals surface area contributed by atoms with Crippen LogP contribution in [0.25, 0.3) is 10.9 Å². The van der Waals surface area contributed by atoms with Gasteiger partial charge < -0.3 is 9.47 Å². The Balaban J connectivity index is 2.00. The van der Waals surface area contributed by atoms with Gasteiger partial charge in [0.05, 0.1) is 43.6 Å². The lowest BCUT2D eigenvalue weighted by atomic mass is 10.1. The molecule has 8 heteroatoms. The molecule has 0 unspecified atom stereocenters. The van der Waals surface area contributed by atoms with Crippen LogP contribution in [0.5, 0.6) is 5.75 Å². The number of carbonyl (C=O) groups is 1. The van der Waals surface area contributed by atoms with Crippen LogP contribution in [0.4, 0.5) is 13.2 Å². The van der Waals surface area contributed by atoms with E-state index in [0.29, 0.717) is 27.8 Å². The third-order valence-electron chi connectivity index (χ3n) is 3.99. The van der Waals surface area contributed by atoms with Gasteiger partial charge in [-0.2, -0.15) is 18.3 Å². The van der Waals surface area contributed by atoms with E-state index in [0.717, 1.165) is 12.1 Å². The molecule has 136 valence electrons. The monoisotopic (exact) mass is 364 g/mol. The Bertz CT molecular complexity index is 964. The fourth-order valence-electron chi connectivity index (χ4n) is 2.70. The SMILES string of the molecule is COC(=O)c1ccc2c(cnn2Cc2cc(C(F)(F)F)ccc2OC)c1. The lowest BCUT2D eigenvalue weighted by Crippen LogP contribution is -2.09. The molecule has 0 aliphatic rings. The second-order valence-electron chi connectivity index (χ2n) is 5.59. The van der Waals surface area contributed by atoms with Crippen molar-refractivity contribution < 1.29 is 27.4 Å². The number of aromatic nitrogens is 2. The lowest BCUT2D eigenvalue weighted by Gasteiger charge is -2.13. The summed E-state index contributed by atoms with van der Waals surface area (Å²) < 4.78 is 50.3. The minimum Gasteiger partial charge on any atom is -0.496 e. The topological polar surface area (TPSA) is 53.3 Å². The first-order valence-electron chi connectivity index (χ1n) is 7.61. The molecule has 3 aromatic rings. The van der Waals surface area contributed by atoms with Crippen LogP contribution in [0.15, 0.2) is 42.6 Å². The van der Waals surface area contributed by atoms with E-state index in [-0.39, 0.29) is 6.54 Å². The van der Waals surface area contributed by atoms with Crippen molar-refractivity contribution in [1.29, 1.82) is 0 Å². The first kappa shape index (κ1) is 17.8. The number of alkyl halides is 3. The highest BCUT2D eigenvalue weighted by atomic mass is 19.4. The van der Waals surface area contributed by atoms with Crippen LogP contribution in [0.3, 0.4) is 0 Å². The summed E-state index contributed by atoms with van der Waals surface area (Å²) in [7, 11) is 2.69. The van der Waals surface area contributed by atoms with Crippen molar-refractivity contribution in [2.24, 2.45) is 0 Å². The molecule has 0 amide bonds. The van der Waals surface area contributed by atoms with E-state index in [1.54, 1.807) is 29.1 Å². The molecule has 0 fully saturated rings. The molecule has 26 heavy (non-hydrogen) atoms. The van der Waals surface area contributed by atoms with Crippen LogP contribution in [-0.2, 0) is 17.5 Å². The minimum absolute atomic E-state index is 0.0914. The second kappa shape index (κ2) is 6.70. The summed E-state index contributed by atoms with van der Waals surface area (Å²) in [6.45, 7) is 0.0914. The zero-order valence-corrected chi connectivity index (χ0v) is 14.0. The number of nitrogens with zero attached hydrogens (tertiary/aromatic N) is 2. The number of fused-ring (bicyclic) bond motifs is 1. The molecule has 0 aliphatic heterocycles. The van der Waals surface area contributed by atoms with Crippen LogP contribution in [0.2, 0.25) is 0 Å². The number of hydrogen-bond acceptors (Lipinski definition) is 4. The van der Waals surface area contributed by atoms with Gasteiger partial charge in [0, 0.05) is 10.9 Å². The summed E-state index contributed by atoms with van der Waals surface area (Å²) in [6.07, 6.45) is -2.90. The summed E-state index contributed by atoms with van der Waals surface area (Å²) in [5.74, 6) is -0.132. The minimum atomic E-state index is -4.44. The third kappa shape index (κ3) is 3.35. The predicted molar refractivity (Wildman–Crippen MR) is 88.2 cm³/mol. The highest BCUT2D eigenvalue weighted by Crippen LogP contribution is 2.33. The molecule has 0 bridgehead atoms. The molecule has 3 rings (SSSR count). The van der Waals surface area contributed by atoms with Crippen molar-refractivity contribution in [3.8, 4) is 5.75 Å². The molecule has 0 N–H and O–H groups in total. The fourth-order valence-corrected chi connectivity index (χ4v) is 2.70. The van der Waals surface area contributed by atoms with Gasteiger partial charge in [-0.25, -0.2) is 4.79 Å². The smallest absolute Gasteiger partial charge is 0.416 e. The highest BCUT2D eigenvalue weighted by Gasteiger charge is 2.31. The predicted octanol–water partition coefficient (Wildman–Crippen LogP) is 3.90. The summed E-state index contributed by atoms with van der Waals surface area (Å²) in [5, 5.41) is 4.89. The van der Waals surface area contributed by atoms with E-state index >= 15 is 0 Å². The van der Waals surface area contributed by atoms with Gasteiger partial charge in [-0.3, -0.25) is 4.68 Å². The number of rotatable bonds is 4. The van der Waals surface area contributed by atoms with Gasteiger partial charge in [-0.05, 0) is 36.4 Å². The van der Waals surface area contributed by atoms with Crippen molar-refractivity contribution >= 4 is 16.9 Å². The zero-order chi connectivity index (χ0) is 18.9. The number of esters is 1. The van der Waals surface area contributed by atoms with Crippen molar-refractivity contribution in [2.75, 3.05) is 14.2 Å². The quantitative estimate of drug-likeness (QED) is 0.659. The van der Waals surface area contributed by atoms with Gasteiger partial charge in [-0.1, -0.05) is 0 Å². The fraction of sp³-hybridized carbons (Fsp3) is 0.222. The van der Waals surface area contributed by atoms with Gasteiger partial charge in [0.2, 0.25) is 0 Å². The molecule has 0 radical (unpaired) electrons. The first-order valence-corrected chi connectivity index (χ1v) is 7.61. The average molecular weight is 364 g/mol. The molecule has 5 nitrogen and oxygen atoms in total. The van der Waals surface area contributed by atoms with Crippen LogP contribution in [0, 0.1) is 0 Å². The Hall–Kier alpha value is -3.03. The van der Waals surface area contributed by atoms with Crippen LogP contribution in [-0.4, -0.2) is 30.0 Å². The van der Waals surface area contributed by atoms with Crippen LogP contribution < -0.4 is 4.74 Å².